The third kappa shape index (κ3) is 0.939. The van der Waals surface area contributed by atoms with E-state index in [1.54, 1.807) is 0 Å². The number of nitrogens with zero attached hydrogens (tertiary/aromatic N) is 1. The van der Waals surface area contributed by atoms with E-state index in [1.165, 1.54) is 0 Å². The molecule has 2 heterocycles. The van der Waals surface area contributed by atoms with E-state index in [9.17, 15) is 0 Å². The van der Waals surface area contributed by atoms with Gasteiger partial charge in [-0.25, -0.2) is 0 Å². The lowest BCUT2D eigenvalue weighted by Gasteiger charge is -2.25. The monoisotopic (exact) mass is 213 g/mol. The molecule has 0 saturated carbocycles. The smallest absolute Gasteiger partial charge is 0.134 e. The minimum Gasteiger partial charge on any atom is -0.396 e. The summed E-state index contributed by atoms with van der Waals surface area (Å²) in [5, 5.41) is 3.06. The zero-order valence-electron chi connectivity index (χ0n) is 5.79. The second-order valence-electron chi connectivity index (χ2n) is 2.40. The maximum absolute atomic E-state index is 5.71. The Balaban J connectivity index is 2.39. The standard InChI is InChI=1S/C7H8BrN3/c8-6-2-1-5(9)7-10-3-4-11(6)7/h1-4,6,10H,9H2. The molecule has 0 amide bonds. The van der Waals surface area contributed by atoms with E-state index < -0.39 is 0 Å². The van der Waals surface area contributed by atoms with Crippen LogP contribution in [0.25, 0.3) is 0 Å². The van der Waals surface area contributed by atoms with Gasteiger partial charge in [0.15, 0.2) is 0 Å². The van der Waals surface area contributed by atoms with E-state index in [0.717, 1.165) is 11.5 Å². The summed E-state index contributed by atoms with van der Waals surface area (Å²) < 4.78 is 0. The van der Waals surface area contributed by atoms with E-state index in [4.69, 9.17) is 5.73 Å². The molecule has 0 fully saturated rings. The maximum atomic E-state index is 5.71. The van der Waals surface area contributed by atoms with Crippen molar-refractivity contribution < 1.29 is 0 Å². The summed E-state index contributed by atoms with van der Waals surface area (Å²) in [6, 6.07) is 0. The van der Waals surface area contributed by atoms with Crippen LogP contribution in [0.1, 0.15) is 0 Å². The van der Waals surface area contributed by atoms with Gasteiger partial charge in [-0.05, 0) is 12.2 Å². The van der Waals surface area contributed by atoms with Crippen LogP contribution in [-0.2, 0) is 0 Å². The lowest BCUT2D eigenvalue weighted by molar-refractivity contribution is 0.481. The first-order valence-electron chi connectivity index (χ1n) is 3.32. The molecule has 4 heteroatoms. The summed E-state index contributed by atoms with van der Waals surface area (Å²) in [7, 11) is 0. The zero-order chi connectivity index (χ0) is 7.84. The van der Waals surface area contributed by atoms with Gasteiger partial charge in [0, 0.05) is 12.4 Å². The first kappa shape index (κ1) is 6.79. The molecule has 0 aromatic rings. The molecule has 0 aliphatic carbocycles. The van der Waals surface area contributed by atoms with Gasteiger partial charge in [0.25, 0.3) is 0 Å². The molecule has 58 valence electrons. The molecule has 2 aliphatic rings. The Morgan fingerprint density at radius 2 is 2.45 bits per heavy atom. The van der Waals surface area contributed by atoms with Crippen molar-refractivity contribution in [1.29, 1.82) is 0 Å². The topological polar surface area (TPSA) is 41.3 Å². The molecule has 3 N–H and O–H groups in total. The molecule has 0 spiro atoms. The molecule has 11 heavy (non-hydrogen) atoms. The quantitative estimate of drug-likeness (QED) is 0.462. The van der Waals surface area contributed by atoms with Crippen LogP contribution in [0.4, 0.5) is 0 Å². The van der Waals surface area contributed by atoms with Crippen molar-refractivity contribution in [2.75, 3.05) is 0 Å². The first-order valence-corrected chi connectivity index (χ1v) is 4.24. The molecule has 1 unspecified atom stereocenters. The third-order valence-corrected chi connectivity index (χ3v) is 2.43. The fraction of sp³-hybridized carbons (Fsp3) is 0.143. The molecule has 0 saturated heterocycles. The Morgan fingerprint density at radius 3 is 3.18 bits per heavy atom. The molecule has 2 rings (SSSR count). The molecular weight excluding hydrogens is 206 g/mol. The lowest BCUT2D eigenvalue weighted by atomic mass is 10.3. The predicted molar refractivity (Wildman–Crippen MR) is 47.2 cm³/mol. The van der Waals surface area contributed by atoms with Crippen LogP contribution < -0.4 is 11.1 Å². The number of hydrogen-bond donors (Lipinski definition) is 2. The fourth-order valence-corrected chi connectivity index (χ4v) is 1.63. The fourth-order valence-electron chi connectivity index (χ4n) is 1.14. The van der Waals surface area contributed by atoms with Crippen LogP contribution in [0.15, 0.2) is 36.1 Å². The van der Waals surface area contributed by atoms with E-state index in [2.05, 4.69) is 21.2 Å². The number of nitrogens with two attached hydrogens (primary N) is 1. The summed E-state index contributed by atoms with van der Waals surface area (Å²) in [5.41, 5.74) is 6.48. The van der Waals surface area contributed by atoms with Crippen molar-refractivity contribution in [2.24, 2.45) is 5.73 Å². The van der Waals surface area contributed by atoms with Crippen molar-refractivity contribution in [1.82, 2.24) is 10.2 Å². The van der Waals surface area contributed by atoms with E-state index >= 15 is 0 Å². The van der Waals surface area contributed by atoms with Gasteiger partial charge >= 0.3 is 0 Å². The molecule has 0 bridgehead atoms. The number of fused-ring (bicyclic) bond motifs is 1. The number of rotatable bonds is 0. The number of nitrogens with one attached hydrogen (secondary N) is 1. The molecule has 2 aliphatic heterocycles. The highest BCUT2D eigenvalue weighted by Gasteiger charge is 2.22. The van der Waals surface area contributed by atoms with Gasteiger partial charge in [-0.3, -0.25) is 0 Å². The molecule has 0 radical (unpaired) electrons. The van der Waals surface area contributed by atoms with Gasteiger partial charge in [-0.15, -0.1) is 0 Å². The van der Waals surface area contributed by atoms with E-state index in [0.29, 0.717) is 0 Å². The van der Waals surface area contributed by atoms with Crippen LogP contribution in [-0.4, -0.2) is 9.85 Å². The number of alkyl halides is 1. The van der Waals surface area contributed by atoms with E-state index in [1.807, 2.05) is 29.5 Å². The first-order chi connectivity index (χ1) is 5.29. The van der Waals surface area contributed by atoms with Gasteiger partial charge in [0.2, 0.25) is 0 Å². The minimum atomic E-state index is 0.219. The Hall–Kier alpha value is -0.900. The summed E-state index contributed by atoms with van der Waals surface area (Å²) in [6.45, 7) is 0. The van der Waals surface area contributed by atoms with Gasteiger partial charge in [-0.1, -0.05) is 15.9 Å². The SMILES string of the molecule is NC1=C2NC=CN2C(Br)C=C1. The second kappa shape index (κ2) is 2.30. The Morgan fingerprint density at radius 1 is 1.64 bits per heavy atom. The van der Waals surface area contributed by atoms with Gasteiger partial charge in [-0.2, -0.15) is 0 Å². The minimum absolute atomic E-state index is 0.219. The molecule has 0 aromatic carbocycles. The van der Waals surface area contributed by atoms with Crippen LogP contribution in [0.2, 0.25) is 0 Å². The molecular formula is C7H8BrN3. The van der Waals surface area contributed by atoms with Gasteiger partial charge < -0.3 is 16.0 Å². The molecule has 3 nitrogen and oxygen atoms in total. The summed E-state index contributed by atoms with van der Waals surface area (Å²) >= 11 is 3.48. The Labute approximate surface area is 73.4 Å². The normalized spacial score (nSPS) is 27.4. The highest BCUT2D eigenvalue weighted by molar-refractivity contribution is 9.09. The number of halogens is 1. The molecule has 0 aromatic heterocycles. The summed E-state index contributed by atoms with van der Waals surface area (Å²) in [4.78, 5) is 2.24. The third-order valence-electron chi connectivity index (χ3n) is 1.69. The van der Waals surface area contributed by atoms with Crippen molar-refractivity contribution >= 4 is 15.9 Å². The average Bonchev–Trinajstić information content (AvgIpc) is 2.45. The van der Waals surface area contributed by atoms with Crippen LogP contribution >= 0.6 is 15.9 Å². The summed E-state index contributed by atoms with van der Waals surface area (Å²) in [5.74, 6) is 0.953. The predicted octanol–water partition coefficient (Wildman–Crippen LogP) is 0.781. The highest BCUT2D eigenvalue weighted by Crippen LogP contribution is 2.24. The second-order valence-corrected chi connectivity index (χ2v) is 3.34. The van der Waals surface area contributed by atoms with Crippen LogP contribution in [0.3, 0.4) is 0 Å². The van der Waals surface area contributed by atoms with Crippen molar-refractivity contribution in [2.45, 2.75) is 4.95 Å². The van der Waals surface area contributed by atoms with Crippen molar-refractivity contribution in [3.05, 3.63) is 36.1 Å². The van der Waals surface area contributed by atoms with E-state index in [-0.39, 0.29) is 4.95 Å². The lowest BCUT2D eigenvalue weighted by Crippen LogP contribution is -2.30. The van der Waals surface area contributed by atoms with Gasteiger partial charge in [0.05, 0.1) is 5.70 Å². The highest BCUT2D eigenvalue weighted by atomic mass is 79.9. The molecule has 1 atom stereocenters. The van der Waals surface area contributed by atoms with Gasteiger partial charge in [0.1, 0.15) is 10.8 Å². The van der Waals surface area contributed by atoms with Crippen molar-refractivity contribution in [3.8, 4) is 0 Å². The van der Waals surface area contributed by atoms with Crippen LogP contribution in [0.5, 0.6) is 0 Å². The van der Waals surface area contributed by atoms with Crippen LogP contribution in [0, 0.1) is 0 Å². The Kier molecular flexibility index (Phi) is 1.42. The number of hydrogen-bond acceptors (Lipinski definition) is 3. The largest absolute Gasteiger partial charge is 0.396 e. The summed E-state index contributed by atoms with van der Waals surface area (Å²) in [6.07, 6.45) is 7.70. The van der Waals surface area contributed by atoms with Crippen molar-refractivity contribution in [3.63, 3.8) is 0 Å². The Bertz CT molecular complexity index is 267. The number of allylic oxidation sites excluding steroid dienone is 1. The maximum Gasteiger partial charge on any atom is 0.134 e. The zero-order valence-corrected chi connectivity index (χ0v) is 7.38. The average molecular weight is 214 g/mol.